The second-order valence-electron chi connectivity index (χ2n) is 7.61. The summed E-state index contributed by atoms with van der Waals surface area (Å²) in [5.41, 5.74) is 2.51. The second-order valence-corrected chi connectivity index (χ2v) is 7.61. The second kappa shape index (κ2) is 9.16. The van der Waals surface area contributed by atoms with E-state index in [0.717, 1.165) is 22.9 Å². The van der Waals surface area contributed by atoms with E-state index in [1.807, 2.05) is 24.3 Å². The Morgan fingerprint density at radius 1 is 1.00 bits per heavy atom. The molecule has 0 atom stereocenters. The van der Waals surface area contributed by atoms with Gasteiger partial charge in [-0.2, -0.15) is 0 Å². The van der Waals surface area contributed by atoms with Gasteiger partial charge in [0.05, 0.1) is 30.5 Å². The zero-order valence-electron chi connectivity index (χ0n) is 18.5. The van der Waals surface area contributed by atoms with Crippen LogP contribution in [-0.4, -0.2) is 36.2 Å². The van der Waals surface area contributed by atoms with Crippen molar-refractivity contribution in [1.82, 2.24) is 4.98 Å². The third-order valence-corrected chi connectivity index (χ3v) is 4.96. The standard InChI is InChI=1S/C25H27NO5/c1-6-16-8-13-21-18(14-16)15-20(23(27)29-5)22(26-21)17-9-11-19(12-10-17)31-25(3,4)24(28)30-7-2/h8-15H,6-7H2,1-5H3. The van der Waals surface area contributed by atoms with E-state index in [1.54, 1.807) is 45.0 Å². The number of carbonyl (C=O) groups excluding carboxylic acids is 2. The van der Waals surface area contributed by atoms with Gasteiger partial charge in [0, 0.05) is 10.9 Å². The lowest BCUT2D eigenvalue weighted by Gasteiger charge is -2.24. The molecule has 0 aliphatic carbocycles. The van der Waals surface area contributed by atoms with E-state index in [9.17, 15) is 9.59 Å². The third kappa shape index (κ3) is 4.85. The van der Waals surface area contributed by atoms with Gasteiger partial charge in [-0.3, -0.25) is 0 Å². The van der Waals surface area contributed by atoms with Crippen LogP contribution in [-0.2, 0) is 20.7 Å². The molecule has 0 spiro atoms. The van der Waals surface area contributed by atoms with Gasteiger partial charge in [-0.25, -0.2) is 14.6 Å². The number of esters is 2. The molecule has 6 nitrogen and oxygen atoms in total. The van der Waals surface area contributed by atoms with E-state index in [0.29, 0.717) is 17.0 Å². The number of fused-ring (bicyclic) bond motifs is 1. The van der Waals surface area contributed by atoms with Crippen LogP contribution in [0, 0.1) is 0 Å². The SMILES string of the molecule is CCOC(=O)C(C)(C)Oc1ccc(-c2nc3ccc(CC)cc3cc2C(=O)OC)cc1. The van der Waals surface area contributed by atoms with Crippen LogP contribution < -0.4 is 4.74 Å². The molecule has 0 fully saturated rings. The molecule has 31 heavy (non-hydrogen) atoms. The van der Waals surface area contributed by atoms with E-state index in [-0.39, 0.29) is 6.61 Å². The van der Waals surface area contributed by atoms with Crippen LogP contribution in [0.25, 0.3) is 22.2 Å². The molecule has 0 saturated carbocycles. The molecule has 1 heterocycles. The maximum atomic E-state index is 12.5. The van der Waals surface area contributed by atoms with Gasteiger partial charge in [0.1, 0.15) is 5.75 Å². The Balaban J connectivity index is 1.98. The predicted octanol–water partition coefficient (Wildman–Crippen LogP) is 4.97. The number of pyridine rings is 1. The largest absolute Gasteiger partial charge is 0.476 e. The minimum absolute atomic E-state index is 0.286. The molecule has 0 amide bonds. The Bertz CT molecular complexity index is 1100. The lowest BCUT2D eigenvalue weighted by atomic mass is 10.0. The van der Waals surface area contributed by atoms with Gasteiger partial charge in [0.2, 0.25) is 0 Å². The third-order valence-electron chi connectivity index (χ3n) is 4.96. The molecular weight excluding hydrogens is 394 g/mol. The van der Waals surface area contributed by atoms with Gasteiger partial charge in [0.25, 0.3) is 0 Å². The molecule has 0 unspecified atom stereocenters. The lowest BCUT2D eigenvalue weighted by molar-refractivity contribution is -0.158. The van der Waals surface area contributed by atoms with E-state index in [4.69, 9.17) is 19.2 Å². The fraction of sp³-hybridized carbons (Fsp3) is 0.320. The Hall–Kier alpha value is -3.41. The number of nitrogens with zero attached hydrogens (tertiary/aromatic N) is 1. The number of carbonyl (C=O) groups is 2. The normalized spacial score (nSPS) is 11.3. The van der Waals surface area contributed by atoms with Crippen LogP contribution >= 0.6 is 0 Å². The van der Waals surface area contributed by atoms with Crippen LogP contribution in [0.15, 0.2) is 48.5 Å². The Labute approximate surface area is 182 Å². The van der Waals surface area contributed by atoms with Crippen LogP contribution in [0.3, 0.4) is 0 Å². The molecule has 162 valence electrons. The highest BCUT2D eigenvalue weighted by Crippen LogP contribution is 2.29. The van der Waals surface area contributed by atoms with Crippen molar-refractivity contribution >= 4 is 22.8 Å². The zero-order valence-corrected chi connectivity index (χ0v) is 18.5. The van der Waals surface area contributed by atoms with Crippen molar-refractivity contribution in [2.75, 3.05) is 13.7 Å². The van der Waals surface area contributed by atoms with Gasteiger partial charge in [-0.05, 0) is 75.2 Å². The number of hydrogen-bond acceptors (Lipinski definition) is 6. The van der Waals surface area contributed by atoms with E-state index >= 15 is 0 Å². The van der Waals surface area contributed by atoms with Gasteiger partial charge < -0.3 is 14.2 Å². The lowest BCUT2D eigenvalue weighted by Crippen LogP contribution is -2.39. The predicted molar refractivity (Wildman–Crippen MR) is 119 cm³/mol. The first-order valence-electron chi connectivity index (χ1n) is 10.3. The molecular formula is C25H27NO5. The Morgan fingerprint density at radius 3 is 2.32 bits per heavy atom. The van der Waals surface area contributed by atoms with Crippen molar-refractivity contribution in [1.29, 1.82) is 0 Å². The van der Waals surface area contributed by atoms with Crippen LogP contribution in [0.2, 0.25) is 0 Å². The number of benzene rings is 2. The molecule has 1 aromatic heterocycles. The van der Waals surface area contributed by atoms with Crippen molar-refractivity contribution in [2.24, 2.45) is 0 Å². The van der Waals surface area contributed by atoms with Crippen molar-refractivity contribution in [3.05, 3.63) is 59.7 Å². The van der Waals surface area contributed by atoms with Crippen molar-refractivity contribution in [3.63, 3.8) is 0 Å². The molecule has 0 aliphatic heterocycles. The first kappa shape index (κ1) is 22.3. The van der Waals surface area contributed by atoms with Crippen LogP contribution in [0.1, 0.15) is 43.6 Å². The molecule has 3 rings (SSSR count). The summed E-state index contributed by atoms with van der Waals surface area (Å²) in [6, 6.07) is 14.9. The summed E-state index contributed by atoms with van der Waals surface area (Å²) in [4.78, 5) is 29.3. The molecule has 6 heteroatoms. The van der Waals surface area contributed by atoms with Gasteiger partial charge >= 0.3 is 11.9 Å². The maximum Gasteiger partial charge on any atom is 0.349 e. The van der Waals surface area contributed by atoms with Gasteiger partial charge in [-0.15, -0.1) is 0 Å². The minimum Gasteiger partial charge on any atom is -0.476 e. The van der Waals surface area contributed by atoms with E-state index in [1.165, 1.54) is 12.7 Å². The summed E-state index contributed by atoms with van der Waals surface area (Å²) in [6.07, 6.45) is 0.898. The Kier molecular flexibility index (Phi) is 6.59. The fourth-order valence-electron chi connectivity index (χ4n) is 3.25. The average molecular weight is 421 g/mol. The topological polar surface area (TPSA) is 74.7 Å². The summed E-state index contributed by atoms with van der Waals surface area (Å²) < 4.78 is 15.9. The summed E-state index contributed by atoms with van der Waals surface area (Å²) >= 11 is 0. The minimum atomic E-state index is -1.12. The first-order valence-corrected chi connectivity index (χ1v) is 10.3. The maximum absolute atomic E-state index is 12.5. The van der Waals surface area contributed by atoms with Gasteiger partial charge in [0.15, 0.2) is 5.60 Å². The fourth-order valence-corrected chi connectivity index (χ4v) is 3.25. The number of hydrogen-bond donors (Lipinski definition) is 0. The number of aryl methyl sites for hydroxylation is 1. The van der Waals surface area contributed by atoms with Crippen LogP contribution in [0.5, 0.6) is 5.75 Å². The molecule has 2 aromatic carbocycles. The van der Waals surface area contributed by atoms with Crippen molar-refractivity contribution < 1.29 is 23.8 Å². The summed E-state index contributed by atoms with van der Waals surface area (Å²) in [6.45, 7) is 7.43. The summed E-state index contributed by atoms with van der Waals surface area (Å²) in [7, 11) is 1.35. The van der Waals surface area contributed by atoms with E-state index in [2.05, 4.69) is 6.92 Å². The average Bonchev–Trinajstić information content (AvgIpc) is 2.77. The smallest absolute Gasteiger partial charge is 0.349 e. The summed E-state index contributed by atoms with van der Waals surface area (Å²) in [5, 5.41) is 0.889. The highest BCUT2D eigenvalue weighted by molar-refractivity contribution is 6.00. The highest BCUT2D eigenvalue weighted by atomic mass is 16.6. The number of methoxy groups -OCH3 is 1. The number of rotatable bonds is 7. The molecule has 0 saturated heterocycles. The molecule has 3 aromatic rings. The van der Waals surface area contributed by atoms with Gasteiger partial charge in [-0.1, -0.05) is 13.0 Å². The summed E-state index contributed by atoms with van der Waals surface area (Å²) in [5.74, 6) is -0.375. The zero-order chi connectivity index (χ0) is 22.6. The van der Waals surface area contributed by atoms with Crippen molar-refractivity contribution in [3.8, 4) is 17.0 Å². The quantitative estimate of drug-likeness (QED) is 0.502. The molecule has 0 radical (unpaired) electrons. The number of ether oxygens (including phenoxy) is 3. The monoisotopic (exact) mass is 421 g/mol. The van der Waals surface area contributed by atoms with Crippen LogP contribution in [0.4, 0.5) is 0 Å². The number of aromatic nitrogens is 1. The first-order chi connectivity index (χ1) is 14.8. The molecule has 0 aliphatic rings. The molecule has 0 bridgehead atoms. The van der Waals surface area contributed by atoms with E-state index < -0.39 is 17.5 Å². The highest BCUT2D eigenvalue weighted by Gasteiger charge is 2.31. The van der Waals surface area contributed by atoms with Crippen molar-refractivity contribution in [2.45, 2.75) is 39.7 Å². The Morgan fingerprint density at radius 2 is 1.71 bits per heavy atom. The molecule has 0 N–H and O–H groups in total.